The summed E-state index contributed by atoms with van der Waals surface area (Å²) in [6.07, 6.45) is 5.59. The van der Waals surface area contributed by atoms with Crippen molar-refractivity contribution in [1.29, 1.82) is 0 Å². The van der Waals surface area contributed by atoms with Crippen molar-refractivity contribution in [3.8, 4) is 55.6 Å². The summed E-state index contributed by atoms with van der Waals surface area (Å²) in [5, 5.41) is 2.51. The lowest BCUT2D eigenvalue weighted by Crippen LogP contribution is -2.18. The van der Waals surface area contributed by atoms with Gasteiger partial charge in [-0.25, -0.2) is 0 Å². The fraction of sp³-hybridized carbons (Fsp3) is 0.200. The van der Waals surface area contributed by atoms with E-state index < -0.39 is 0 Å². The highest BCUT2D eigenvalue weighted by Crippen LogP contribution is 2.58. The van der Waals surface area contributed by atoms with Crippen LogP contribution < -0.4 is 4.90 Å². The fourth-order valence-electron chi connectivity index (χ4n) is 13.3. The third-order valence-electron chi connectivity index (χ3n) is 16.5. The summed E-state index contributed by atoms with van der Waals surface area (Å²) in [6, 6.07) is 73.7. The molecule has 9 aromatic carbocycles. The Labute approximate surface area is 390 Å². The first-order chi connectivity index (χ1) is 32.2. The van der Waals surface area contributed by atoms with Crippen LogP contribution in [0.25, 0.3) is 66.4 Å². The van der Waals surface area contributed by atoms with Crippen LogP contribution in [0.1, 0.15) is 87.1 Å². The van der Waals surface area contributed by atoms with E-state index >= 15 is 0 Å². The molecular formula is C65H55N. The maximum atomic E-state index is 2.50. The average Bonchev–Trinajstić information content (AvgIpc) is 4.11. The van der Waals surface area contributed by atoms with E-state index in [0.717, 1.165) is 17.5 Å². The number of rotatable bonds is 7. The molecule has 2 fully saturated rings. The molecule has 2 bridgehead atoms. The SMILES string of the molecule is CC1(C)c2ccccc2-c2c(-c3cccc4c3C(C)(C)c3cc(N(c5ccc(-c6cc7ccccc7cc6-c6ccccc6)cc5)c5ccc(C6CC7CCC6C7)cc5)ccc3-4)cccc21. The molecule has 0 aliphatic heterocycles. The van der Waals surface area contributed by atoms with Crippen LogP contribution in [0.3, 0.4) is 0 Å². The number of anilines is 3. The Balaban J connectivity index is 0.928. The lowest BCUT2D eigenvalue weighted by Gasteiger charge is -2.29. The monoisotopic (exact) mass is 849 g/mol. The third kappa shape index (κ3) is 5.98. The van der Waals surface area contributed by atoms with Crippen molar-refractivity contribution in [2.75, 3.05) is 4.90 Å². The van der Waals surface area contributed by atoms with Crippen LogP contribution in [-0.2, 0) is 10.8 Å². The Kier molecular flexibility index (Phi) is 8.82. The number of hydrogen-bond acceptors (Lipinski definition) is 1. The minimum atomic E-state index is -0.237. The van der Waals surface area contributed by atoms with Gasteiger partial charge >= 0.3 is 0 Å². The molecule has 66 heavy (non-hydrogen) atoms. The summed E-state index contributed by atoms with van der Waals surface area (Å²) >= 11 is 0. The van der Waals surface area contributed by atoms with Gasteiger partial charge in [-0.05, 0) is 180 Å². The van der Waals surface area contributed by atoms with Crippen molar-refractivity contribution in [3.05, 3.63) is 222 Å². The van der Waals surface area contributed by atoms with Crippen molar-refractivity contribution in [2.45, 2.75) is 70.1 Å². The first kappa shape index (κ1) is 39.4. The van der Waals surface area contributed by atoms with Crippen molar-refractivity contribution in [2.24, 2.45) is 11.8 Å². The molecule has 4 aliphatic carbocycles. The summed E-state index contributed by atoms with van der Waals surface area (Å²) in [5.41, 5.74) is 23.4. The lowest BCUT2D eigenvalue weighted by atomic mass is 9.77. The first-order valence-corrected chi connectivity index (χ1v) is 24.3. The van der Waals surface area contributed by atoms with Crippen LogP contribution >= 0.6 is 0 Å². The second kappa shape index (κ2) is 14.8. The van der Waals surface area contributed by atoms with Gasteiger partial charge in [0.15, 0.2) is 0 Å². The Hall–Kier alpha value is -6.96. The maximum absolute atomic E-state index is 2.50. The molecule has 0 aromatic heterocycles. The van der Waals surface area contributed by atoms with E-state index in [2.05, 4.69) is 227 Å². The zero-order valence-electron chi connectivity index (χ0n) is 38.5. The molecule has 0 radical (unpaired) electrons. The van der Waals surface area contributed by atoms with Gasteiger partial charge in [-0.15, -0.1) is 0 Å². The van der Waals surface area contributed by atoms with E-state index in [1.807, 2.05) is 0 Å². The number of nitrogens with zero attached hydrogens (tertiary/aromatic N) is 1. The molecule has 9 aromatic rings. The molecule has 2 saturated carbocycles. The van der Waals surface area contributed by atoms with Gasteiger partial charge in [0.1, 0.15) is 0 Å². The average molecular weight is 850 g/mol. The van der Waals surface area contributed by atoms with Crippen LogP contribution in [0.15, 0.2) is 194 Å². The Morgan fingerprint density at radius 2 is 0.970 bits per heavy atom. The third-order valence-corrected chi connectivity index (χ3v) is 16.5. The van der Waals surface area contributed by atoms with E-state index in [1.54, 1.807) is 0 Å². The smallest absolute Gasteiger partial charge is 0.0465 e. The molecule has 0 saturated heterocycles. The highest BCUT2D eigenvalue weighted by Gasteiger charge is 2.42. The van der Waals surface area contributed by atoms with Crippen LogP contribution in [0.4, 0.5) is 17.1 Å². The van der Waals surface area contributed by atoms with Gasteiger partial charge in [0.25, 0.3) is 0 Å². The van der Waals surface area contributed by atoms with Gasteiger partial charge in [-0.1, -0.05) is 180 Å². The molecule has 1 heteroatoms. The van der Waals surface area contributed by atoms with Gasteiger partial charge in [0.05, 0.1) is 0 Å². The molecule has 320 valence electrons. The zero-order valence-corrected chi connectivity index (χ0v) is 38.5. The number of hydrogen-bond donors (Lipinski definition) is 0. The summed E-state index contributed by atoms with van der Waals surface area (Å²) in [5.74, 6) is 2.47. The summed E-state index contributed by atoms with van der Waals surface area (Å²) < 4.78 is 0. The largest absolute Gasteiger partial charge is 0.310 e. The van der Waals surface area contributed by atoms with E-state index in [0.29, 0.717) is 5.92 Å². The zero-order chi connectivity index (χ0) is 44.3. The molecular weight excluding hydrogens is 795 g/mol. The Bertz CT molecular complexity index is 3370. The molecule has 1 nitrogen and oxygen atoms in total. The first-order valence-electron chi connectivity index (χ1n) is 24.3. The van der Waals surface area contributed by atoms with Gasteiger partial charge in [-0.3, -0.25) is 0 Å². The minimum Gasteiger partial charge on any atom is -0.310 e. The summed E-state index contributed by atoms with van der Waals surface area (Å²) in [7, 11) is 0. The second-order valence-electron chi connectivity index (χ2n) is 20.8. The lowest BCUT2D eigenvalue weighted by molar-refractivity contribution is 0.420. The normalized spacial score (nSPS) is 19.1. The quantitative estimate of drug-likeness (QED) is 0.154. The van der Waals surface area contributed by atoms with E-state index in [1.165, 1.54) is 131 Å². The summed E-state index contributed by atoms with van der Waals surface area (Å²) in [4.78, 5) is 2.50. The van der Waals surface area contributed by atoms with Crippen LogP contribution in [0.2, 0.25) is 0 Å². The Morgan fingerprint density at radius 3 is 1.67 bits per heavy atom. The minimum absolute atomic E-state index is 0.0521. The van der Waals surface area contributed by atoms with Gasteiger partial charge in [0, 0.05) is 27.9 Å². The standard InChI is InChI=1S/C65H55N/c1-64(2)59-22-11-10-18-55(59)62-52(19-13-23-60(62)64)54-21-12-20-53-51-35-34-50(40-61(51)65(3,4)63(53)54)66(48-30-26-43(27-31-48)56-37-41-24-25-47(56)36-41)49-32-28-44(29-33-49)58-39-46-17-9-8-16-45(46)38-57(58)42-14-6-5-7-15-42/h5-23,26-35,38-41,47,56H,24-25,36-37H2,1-4H3. The van der Waals surface area contributed by atoms with Crippen molar-refractivity contribution < 1.29 is 0 Å². The van der Waals surface area contributed by atoms with Gasteiger partial charge < -0.3 is 4.90 Å². The highest BCUT2D eigenvalue weighted by molar-refractivity contribution is 5.99. The molecule has 13 rings (SSSR count). The van der Waals surface area contributed by atoms with Crippen molar-refractivity contribution in [3.63, 3.8) is 0 Å². The molecule has 3 atom stereocenters. The molecule has 3 unspecified atom stereocenters. The maximum Gasteiger partial charge on any atom is 0.0465 e. The topological polar surface area (TPSA) is 3.24 Å². The molecule has 4 aliphatic rings. The molecule has 0 amide bonds. The van der Waals surface area contributed by atoms with Crippen molar-refractivity contribution >= 4 is 27.8 Å². The van der Waals surface area contributed by atoms with Crippen LogP contribution in [0.5, 0.6) is 0 Å². The second-order valence-corrected chi connectivity index (χ2v) is 20.8. The molecule has 0 heterocycles. The highest BCUT2D eigenvalue weighted by atomic mass is 15.1. The number of benzene rings is 9. The predicted octanol–water partition coefficient (Wildman–Crippen LogP) is 17.8. The molecule has 0 spiro atoms. The van der Waals surface area contributed by atoms with Crippen LogP contribution in [0, 0.1) is 11.8 Å². The number of fused-ring (bicyclic) bond motifs is 9. The van der Waals surface area contributed by atoms with E-state index in [9.17, 15) is 0 Å². The summed E-state index contributed by atoms with van der Waals surface area (Å²) in [6.45, 7) is 9.66. The van der Waals surface area contributed by atoms with E-state index in [4.69, 9.17) is 0 Å². The van der Waals surface area contributed by atoms with Crippen molar-refractivity contribution in [1.82, 2.24) is 0 Å². The Morgan fingerprint density at radius 1 is 0.394 bits per heavy atom. The van der Waals surface area contributed by atoms with E-state index in [-0.39, 0.29) is 10.8 Å². The molecule has 0 N–H and O–H groups in total. The van der Waals surface area contributed by atoms with Gasteiger partial charge in [-0.2, -0.15) is 0 Å². The fourth-order valence-corrected chi connectivity index (χ4v) is 13.3. The van der Waals surface area contributed by atoms with Crippen LogP contribution in [-0.4, -0.2) is 0 Å². The predicted molar refractivity (Wildman–Crippen MR) is 278 cm³/mol. The van der Waals surface area contributed by atoms with Gasteiger partial charge in [0.2, 0.25) is 0 Å².